The van der Waals surface area contributed by atoms with Crippen LogP contribution in [0.3, 0.4) is 0 Å². The van der Waals surface area contributed by atoms with Gasteiger partial charge in [0.1, 0.15) is 17.1 Å². The Labute approximate surface area is 196 Å². The van der Waals surface area contributed by atoms with Crippen molar-refractivity contribution < 1.29 is 19.1 Å². The van der Waals surface area contributed by atoms with E-state index in [1.54, 1.807) is 13.2 Å². The molecule has 172 valence electrons. The SMILES string of the molecule is COc1cc2c(=O)c(-c3ccc(C4(NC(=O)O)CCC4)cc3)c(-c3ccccc3)oc2cc1C. The smallest absolute Gasteiger partial charge is 0.405 e. The number of aryl methyl sites for hydroxylation is 1. The normalized spacial score (nSPS) is 14.4. The molecule has 0 atom stereocenters. The van der Waals surface area contributed by atoms with Crippen LogP contribution in [-0.4, -0.2) is 18.3 Å². The van der Waals surface area contributed by atoms with E-state index in [2.05, 4.69) is 5.32 Å². The average molecular weight is 456 g/mol. The maximum atomic E-state index is 13.8. The van der Waals surface area contributed by atoms with E-state index >= 15 is 0 Å². The van der Waals surface area contributed by atoms with Gasteiger partial charge in [0.05, 0.1) is 23.6 Å². The summed E-state index contributed by atoms with van der Waals surface area (Å²) in [4.78, 5) is 25.1. The second-order valence-corrected chi connectivity index (χ2v) is 8.76. The third kappa shape index (κ3) is 3.61. The fourth-order valence-corrected chi connectivity index (χ4v) is 4.77. The highest BCUT2D eigenvalue weighted by molar-refractivity contribution is 5.90. The van der Waals surface area contributed by atoms with Crippen LogP contribution >= 0.6 is 0 Å². The summed E-state index contributed by atoms with van der Waals surface area (Å²) in [5.41, 5.74) is 3.55. The molecule has 1 amide bonds. The summed E-state index contributed by atoms with van der Waals surface area (Å²) in [6.07, 6.45) is 1.45. The molecule has 6 nitrogen and oxygen atoms in total. The lowest BCUT2D eigenvalue weighted by Gasteiger charge is -2.42. The summed E-state index contributed by atoms with van der Waals surface area (Å²) in [5.74, 6) is 1.12. The van der Waals surface area contributed by atoms with Gasteiger partial charge in [-0.1, -0.05) is 54.6 Å². The van der Waals surface area contributed by atoms with Gasteiger partial charge in [0.2, 0.25) is 5.43 Å². The van der Waals surface area contributed by atoms with Crippen molar-refractivity contribution in [2.75, 3.05) is 7.11 Å². The van der Waals surface area contributed by atoms with Crippen LogP contribution < -0.4 is 15.5 Å². The van der Waals surface area contributed by atoms with E-state index in [4.69, 9.17) is 9.15 Å². The van der Waals surface area contributed by atoms with Crippen LogP contribution in [0.1, 0.15) is 30.4 Å². The molecule has 1 heterocycles. The maximum absolute atomic E-state index is 13.8. The first kappa shape index (κ1) is 21.8. The zero-order valence-corrected chi connectivity index (χ0v) is 19.1. The lowest BCUT2D eigenvalue weighted by atomic mass is 9.71. The summed E-state index contributed by atoms with van der Waals surface area (Å²) < 4.78 is 11.8. The van der Waals surface area contributed by atoms with Gasteiger partial charge in [0, 0.05) is 5.56 Å². The molecule has 4 aromatic rings. The molecule has 34 heavy (non-hydrogen) atoms. The largest absolute Gasteiger partial charge is 0.496 e. The minimum atomic E-state index is -1.03. The minimum absolute atomic E-state index is 0.145. The van der Waals surface area contributed by atoms with E-state index in [1.807, 2.05) is 67.6 Å². The Hall–Kier alpha value is -4.06. The van der Waals surface area contributed by atoms with Crippen molar-refractivity contribution in [3.63, 3.8) is 0 Å². The van der Waals surface area contributed by atoms with Gasteiger partial charge in [-0.3, -0.25) is 4.79 Å². The highest BCUT2D eigenvalue weighted by Crippen LogP contribution is 2.42. The van der Waals surface area contributed by atoms with Gasteiger partial charge in [-0.2, -0.15) is 0 Å². The number of ether oxygens (including phenoxy) is 1. The molecule has 0 bridgehead atoms. The zero-order chi connectivity index (χ0) is 23.9. The molecule has 3 aromatic carbocycles. The summed E-state index contributed by atoms with van der Waals surface area (Å²) in [6, 6.07) is 20.7. The standard InChI is InChI=1S/C28H25NO5/c1-17-15-23-21(16-22(17)33-2)25(30)24(26(34-23)19-7-4-3-5-8-19)18-9-11-20(12-10-18)28(13-6-14-28)29-27(31)32/h3-5,7-12,15-16,29H,6,13-14H2,1-2H3,(H,31,32). The molecule has 1 aliphatic carbocycles. The number of nitrogens with one attached hydrogen (secondary N) is 1. The predicted molar refractivity (Wildman–Crippen MR) is 131 cm³/mol. The van der Waals surface area contributed by atoms with Crippen LogP contribution in [0, 0.1) is 6.92 Å². The van der Waals surface area contributed by atoms with Crippen molar-refractivity contribution in [3.8, 4) is 28.2 Å². The van der Waals surface area contributed by atoms with Gasteiger partial charge in [0.25, 0.3) is 0 Å². The number of rotatable bonds is 5. The number of methoxy groups -OCH3 is 1. The Morgan fingerprint density at radius 3 is 2.32 bits per heavy atom. The topological polar surface area (TPSA) is 88.8 Å². The second kappa shape index (κ2) is 8.37. The number of carbonyl (C=O) groups is 1. The molecule has 1 aromatic heterocycles. The third-order valence-corrected chi connectivity index (χ3v) is 6.72. The van der Waals surface area contributed by atoms with Crippen LogP contribution in [0.25, 0.3) is 33.4 Å². The van der Waals surface area contributed by atoms with Gasteiger partial charge in [0.15, 0.2) is 0 Å². The number of amides is 1. The van der Waals surface area contributed by atoms with Gasteiger partial charge < -0.3 is 19.6 Å². The fraction of sp³-hybridized carbons (Fsp3) is 0.214. The van der Waals surface area contributed by atoms with Crippen LogP contribution in [0.5, 0.6) is 5.75 Å². The summed E-state index contributed by atoms with van der Waals surface area (Å²) >= 11 is 0. The molecule has 5 rings (SSSR count). The van der Waals surface area contributed by atoms with E-state index in [0.29, 0.717) is 33.6 Å². The Balaban J connectivity index is 1.70. The molecular formula is C28H25NO5. The number of carboxylic acid groups (broad SMARTS) is 1. The van der Waals surface area contributed by atoms with Crippen molar-refractivity contribution in [1.29, 1.82) is 0 Å². The Kier molecular flexibility index (Phi) is 5.36. The van der Waals surface area contributed by atoms with Crippen molar-refractivity contribution in [2.24, 2.45) is 0 Å². The van der Waals surface area contributed by atoms with Gasteiger partial charge >= 0.3 is 6.09 Å². The Bertz CT molecular complexity index is 1430. The van der Waals surface area contributed by atoms with Crippen molar-refractivity contribution in [1.82, 2.24) is 5.32 Å². The monoisotopic (exact) mass is 455 g/mol. The highest BCUT2D eigenvalue weighted by Gasteiger charge is 2.40. The molecule has 0 spiro atoms. The number of hydrogen-bond acceptors (Lipinski definition) is 4. The first-order valence-corrected chi connectivity index (χ1v) is 11.2. The summed E-state index contributed by atoms with van der Waals surface area (Å²) in [6.45, 7) is 1.91. The van der Waals surface area contributed by atoms with Crippen LogP contribution in [-0.2, 0) is 5.54 Å². The lowest BCUT2D eigenvalue weighted by Crippen LogP contribution is -2.50. The summed E-state index contributed by atoms with van der Waals surface area (Å²) in [5, 5.41) is 12.4. The first-order chi connectivity index (χ1) is 16.4. The fourth-order valence-electron chi connectivity index (χ4n) is 4.77. The average Bonchev–Trinajstić information content (AvgIpc) is 2.81. The van der Waals surface area contributed by atoms with Gasteiger partial charge in [-0.25, -0.2) is 4.79 Å². The van der Waals surface area contributed by atoms with Gasteiger partial charge in [-0.05, 0) is 55.0 Å². The minimum Gasteiger partial charge on any atom is -0.496 e. The molecule has 6 heteroatoms. The number of benzene rings is 3. The van der Waals surface area contributed by atoms with Gasteiger partial charge in [-0.15, -0.1) is 0 Å². The molecule has 2 N–H and O–H groups in total. The summed E-state index contributed by atoms with van der Waals surface area (Å²) in [7, 11) is 1.58. The maximum Gasteiger partial charge on any atom is 0.405 e. The molecule has 0 unspecified atom stereocenters. The molecule has 0 saturated heterocycles. The predicted octanol–water partition coefficient (Wildman–Crippen LogP) is 6.09. The second-order valence-electron chi connectivity index (χ2n) is 8.76. The van der Waals surface area contributed by atoms with E-state index in [0.717, 1.165) is 36.0 Å². The van der Waals surface area contributed by atoms with E-state index in [1.165, 1.54) is 0 Å². The zero-order valence-electron chi connectivity index (χ0n) is 19.1. The third-order valence-electron chi connectivity index (χ3n) is 6.72. The molecule has 1 aliphatic rings. The molecule has 1 saturated carbocycles. The van der Waals surface area contributed by atoms with E-state index in [9.17, 15) is 14.7 Å². The molecular weight excluding hydrogens is 430 g/mol. The van der Waals surface area contributed by atoms with Crippen LogP contribution in [0.2, 0.25) is 0 Å². The van der Waals surface area contributed by atoms with Crippen molar-refractivity contribution >= 4 is 17.1 Å². The molecule has 0 aliphatic heterocycles. The van der Waals surface area contributed by atoms with Crippen LogP contribution in [0.4, 0.5) is 4.79 Å². The van der Waals surface area contributed by atoms with E-state index in [-0.39, 0.29) is 5.43 Å². The lowest BCUT2D eigenvalue weighted by molar-refractivity contribution is 0.144. The Morgan fingerprint density at radius 2 is 1.74 bits per heavy atom. The van der Waals surface area contributed by atoms with E-state index < -0.39 is 11.6 Å². The molecule has 1 fully saturated rings. The molecule has 0 radical (unpaired) electrons. The quantitative estimate of drug-likeness (QED) is 0.380. The van der Waals surface area contributed by atoms with Crippen LogP contribution in [0.15, 0.2) is 75.9 Å². The highest BCUT2D eigenvalue weighted by atomic mass is 16.5. The number of hydrogen-bond donors (Lipinski definition) is 2. The van der Waals surface area contributed by atoms with Crippen molar-refractivity contribution in [2.45, 2.75) is 31.7 Å². The Morgan fingerprint density at radius 1 is 1.03 bits per heavy atom. The number of fused-ring (bicyclic) bond motifs is 1. The first-order valence-electron chi connectivity index (χ1n) is 11.2. The van der Waals surface area contributed by atoms with Crippen molar-refractivity contribution in [3.05, 3.63) is 88.1 Å².